The molecular weight excluding hydrogens is 384 g/mol. The van der Waals surface area contributed by atoms with E-state index in [9.17, 15) is 13.2 Å². The van der Waals surface area contributed by atoms with Gasteiger partial charge in [0.2, 0.25) is 0 Å². The quantitative estimate of drug-likeness (QED) is 0.663. The van der Waals surface area contributed by atoms with Gasteiger partial charge in [0.15, 0.2) is 5.78 Å². The maximum absolute atomic E-state index is 13.0. The van der Waals surface area contributed by atoms with Crippen LogP contribution in [0, 0.1) is 13.8 Å². The average Bonchev–Trinajstić information content (AvgIpc) is 2.97. The van der Waals surface area contributed by atoms with Crippen molar-refractivity contribution in [2.45, 2.75) is 38.0 Å². The minimum Gasteiger partial charge on any atom is -0.358 e. The molecule has 0 spiro atoms. The second kappa shape index (κ2) is 6.39. The van der Waals surface area contributed by atoms with Crippen molar-refractivity contribution in [2.24, 2.45) is 0 Å². The molecule has 3 aromatic rings. The first-order valence-corrected chi connectivity index (χ1v) is 10.6. The molecule has 0 fully saturated rings. The number of aromatic amines is 1. The van der Waals surface area contributed by atoms with Crippen molar-refractivity contribution < 1.29 is 13.2 Å². The Morgan fingerprint density at radius 3 is 2.70 bits per heavy atom. The van der Waals surface area contributed by atoms with Crippen LogP contribution in [0.5, 0.6) is 0 Å². The van der Waals surface area contributed by atoms with Crippen LogP contribution in [0.25, 0.3) is 10.9 Å². The molecule has 1 heterocycles. The summed E-state index contributed by atoms with van der Waals surface area (Å²) in [5.74, 6) is 0.116. The van der Waals surface area contributed by atoms with Gasteiger partial charge in [0.1, 0.15) is 0 Å². The fraction of sp³-hybridized carbons (Fsp3) is 0.250. The van der Waals surface area contributed by atoms with Crippen molar-refractivity contribution in [3.05, 3.63) is 57.7 Å². The molecule has 0 saturated carbocycles. The summed E-state index contributed by atoms with van der Waals surface area (Å²) in [5, 5.41) is 1.29. The Bertz CT molecular complexity index is 1200. The zero-order valence-electron chi connectivity index (χ0n) is 15.0. The topological polar surface area (TPSA) is 79.0 Å². The van der Waals surface area contributed by atoms with Gasteiger partial charge in [-0.2, -0.15) is 0 Å². The van der Waals surface area contributed by atoms with Gasteiger partial charge in [-0.1, -0.05) is 17.7 Å². The highest BCUT2D eigenvalue weighted by atomic mass is 35.5. The molecule has 0 aliphatic heterocycles. The third-order valence-corrected chi connectivity index (χ3v) is 7.00. The van der Waals surface area contributed by atoms with E-state index in [0.717, 1.165) is 23.9 Å². The van der Waals surface area contributed by atoms with E-state index in [2.05, 4.69) is 9.71 Å². The maximum Gasteiger partial charge on any atom is 0.262 e. The molecular formula is C20H19ClN2O3S. The number of nitrogens with one attached hydrogen (secondary N) is 2. The van der Waals surface area contributed by atoms with Gasteiger partial charge in [-0.05, 0) is 62.1 Å². The Morgan fingerprint density at radius 1 is 1.15 bits per heavy atom. The lowest BCUT2D eigenvalue weighted by molar-refractivity contribution is 0.0974. The summed E-state index contributed by atoms with van der Waals surface area (Å²) in [4.78, 5) is 15.7. The lowest BCUT2D eigenvalue weighted by Crippen LogP contribution is -2.15. The molecule has 5 nitrogen and oxygen atoms in total. The van der Waals surface area contributed by atoms with Crippen molar-refractivity contribution in [1.29, 1.82) is 0 Å². The first-order chi connectivity index (χ1) is 12.8. The standard InChI is InChI=1S/C20H19ClN2O3S/c1-11-9-13-17(22-16-7-4-8-18(24)20(13)16)10-19(11)27(25,26)23-15-6-3-5-14(21)12(15)2/h3,5-6,9-10,22-23H,4,7-8H2,1-2H3. The van der Waals surface area contributed by atoms with Crippen molar-refractivity contribution in [3.63, 3.8) is 0 Å². The Labute approximate surface area is 162 Å². The van der Waals surface area contributed by atoms with Gasteiger partial charge in [0, 0.05) is 33.6 Å². The summed E-state index contributed by atoms with van der Waals surface area (Å²) >= 11 is 6.10. The number of hydrogen-bond donors (Lipinski definition) is 2. The second-order valence-corrected chi connectivity index (χ2v) is 8.99. The van der Waals surface area contributed by atoms with E-state index in [-0.39, 0.29) is 10.7 Å². The number of rotatable bonds is 3. The summed E-state index contributed by atoms with van der Waals surface area (Å²) in [6.45, 7) is 3.51. The van der Waals surface area contributed by atoms with Crippen LogP contribution in [0.2, 0.25) is 5.02 Å². The van der Waals surface area contributed by atoms with Crippen LogP contribution in [0.4, 0.5) is 5.69 Å². The highest BCUT2D eigenvalue weighted by Crippen LogP contribution is 2.33. The number of sulfonamides is 1. The van der Waals surface area contributed by atoms with Gasteiger partial charge >= 0.3 is 0 Å². The second-order valence-electron chi connectivity index (χ2n) is 6.94. The van der Waals surface area contributed by atoms with Crippen LogP contribution in [0.3, 0.4) is 0 Å². The van der Waals surface area contributed by atoms with Crippen molar-refractivity contribution >= 4 is 44.0 Å². The van der Waals surface area contributed by atoms with E-state index in [1.165, 1.54) is 0 Å². The predicted octanol–water partition coefficient (Wildman–Crippen LogP) is 4.76. The number of benzene rings is 2. The van der Waals surface area contributed by atoms with Crippen molar-refractivity contribution in [1.82, 2.24) is 4.98 Å². The monoisotopic (exact) mass is 402 g/mol. The van der Waals surface area contributed by atoms with E-state index >= 15 is 0 Å². The zero-order chi connectivity index (χ0) is 19.3. The minimum absolute atomic E-state index is 0.116. The molecule has 1 aliphatic carbocycles. The minimum atomic E-state index is -3.80. The van der Waals surface area contributed by atoms with Gasteiger partial charge in [0.25, 0.3) is 10.0 Å². The average molecular weight is 403 g/mol. The molecule has 140 valence electrons. The van der Waals surface area contributed by atoms with Crippen LogP contribution < -0.4 is 4.72 Å². The molecule has 2 N–H and O–H groups in total. The van der Waals surface area contributed by atoms with E-state index in [4.69, 9.17) is 11.6 Å². The first kappa shape index (κ1) is 18.1. The highest BCUT2D eigenvalue weighted by molar-refractivity contribution is 7.92. The largest absolute Gasteiger partial charge is 0.358 e. The molecule has 0 bridgehead atoms. The summed E-state index contributed by atoms with van der Waals surface area (Å²) in [6, 6.07) is 8.49. The number of fused-ring (bicyclic) bond motifs is 3. The molecule has 0 radical (unpaired) electrons. The van der Waals surface area contributed by atoms with E-state index in [1.807, 2.05) is 0 Å². The van der Waals surface area contributed by atoms with Gasteiger partial charge in [-0.25, -0.2) is 8.42 Å². The van der Waals surface area contributed by atoms with Crippen LogP contribution in [0.1, 0.15) is 40.0 Å². The summed E-state index contributed by atoms with van der Waals surface area (Å²) in [6.07, 6.45) is 2.16. The van der Waals surface area contributed by atoms with Crippen LogP contribution in [0.15, 0.2) is 35.2 Å². The normalized spacial score (nSPS) is 14.4. The predicted molar refractivity (Wildman–Crippen MR) is 107 cm³/mol. The molecule has 4 rings (SSSR count). The summed E-state index contributed by atoms with van der Waals surface area (Å²) in [5.41, 5.74) is 3.99. The number of carbonyl (C=O) groups excluding carboxylic acids is 1. The number of hydrogen-bond acceptors (Lipinski definition) is 3. The maximum atomic E-state index is 13.0. The molecule has 27 heavy (non-hydrogen) atoms. The number of aromatic nitrogens is 1. The number of halogens is 1. The molecule has 0 saturated heterocycles. The number of H-pyrrole nitrogens is 1. The zero-order valence-corrected chi connectivity index (χ0v) is 16.6. The van der Waals surface area contributed by atoms with Gasteiger partial charge in [-0.3, -0.25) is 9.52 Å². The number of anilines is 1. The first-order valence-electron chi connectivity index (χ1n) is 8.74. The van der Waals surface area contributed by atoms with Crippen molar-refractivity contribution in [3.8, 4) is 0 Å². The third-order valence-electron chi connectivity index (χ3n) is 5.08. The molecule has 1 aliphatic rings. The summed E-state index contributed by atoms with van der Waals surface area (Å²) < 4.78 is 28.6. The van der Waals surface area contributed by atoms with Crippen LogP contribution >= 0.6 is 11.6 Å². The Kier molecular flexibility index (Phi) is 4.28. The fourth-order valence-electron chi connectivity index (χ4n) is 3.65. The van der Waals surface area contributed by atoms with Gasteiger partial charge in [0.05, 0.1) is 10.6 Å². The highest BCUT2D eigenvalue weighted by Gasteiger charge is 2.25. The van der Waals surface area contributed by atoms with E-state index in [0.29, 0.717) is 39.3 Å². The molecule has 0 amide bonds. The molecule has 2 aromatic carbocycles. The molecule has 0 unspecified atom stereocenters. The Morgan fingerprint density at radius 2 is 1.93 bits per heavy atom. The fourth-order valence-corrected chi connectivity index (χ4v) is 5.20. The molecule has 0 atom stereocenters. The van der Waals surface area contributed by atoms with Crippen LogP contribution in [-0.2, 0) is 16.4 Å². The number of ketones is 1. The summed E-state index contributed by atoms with van der Waals surface area (Å²) in [7, 11) is -3.80. The number of carbonyl (C=O) groups is 1. The van der Waals surface area contributed by atoms with E-state index < -0.39 is 10.0 Å². The lowest BCUT2D eigenvalue weighted by Gasteiger charge is -2.13. The molecule has 1 aromatic heterocycles. The Balaban J connectivity index is 1.82. The Hall–Kier alpha value is -2.31. The van der Waals surface area contributed by atoms with Gasteiger partial charge < -0.3 is 4.98 Å². The third kappa shape index (κ3) is 3.03. The van der Waals surface area contributed by atoms with Crippen molar-refractivity contribution in [2.75, 3.05) is 4.72 Å². The number of Topliss-reactive ketones (excluding diaryl/α,β-unsaturated/α-hetero) is 1. The van der Waals surface area contributed by atoms with Gasteiger partial charge in [-0.15, -0.1) is 0 Å². The SMILES string of the molecule is Cc1cc2c3c([nH]c2cc1S(=O)(=O)Nc1cccc(Cl)c1C)CCCC3=O. The molecule has 7 heteroatoms. The van der Waals surface area contributed by atoms with Crippen LogP contribution in [-0.4, -0.2) is 19.2 Å². The smallest absolute Gasteiger partial charge is 0.262 e. The van der Waals surface area contributed by atoms with E-state index in [1.54, 1.807) is 44.2 Å². The lowest BCUT2D eigenvalue weighted by atomic mass is 9.94. The number of aryl methyl sites for hydroxylation is 2.